The molecule has 4 rings (SSSR count). The zero-order valence-corrected chi connectivity index (χ0v) is 15.5. The number of carbonyl (C=O) groups is 2. The van der Waals surface area contributed by atoms with Crippen LogP contribution >= 0.6 is 11.6 Å². The summed E-state index contributed by atoms with van der Waals surface area (Å²) in [6.45, 7) is 2.26. The average Bonchev–Trinajstić information content (AvgIpc) is 3.04. The summed E-state index contributed by atoms with van der Waals surface area (Å²) in [5.41, 5.74) is 3.11. The van der Waals surface area contributed by atoms with Gasteiger partial charge in [0.15, 0.2) is 0 Å². The average molecular weight is 380 g/mol. The van der Waals surface area contributed by atoms with E-state index in [2.05, 4.69) is 10.3 Å². The number of para-hydroxylation sites is 1. The highest BCUT2D eigenvalue weighted by molar-refractivity contribution is 6.30. The van der Waals surface area contributed by atoms with Crippen LogP contribution in [-0.2, 0) is 9.59 Å². The molecule has 0 saturated carbocycles. The number of hydrogen-bond acceptors (Lipinski definition) is 3. The number of nitrogens with one attached hydrogen (secondary N) is 1. The summed E-state index contributed by atoms with van der Waals surface area (Å²) >= 11 is 6.00. The van der Waals surface area contributed by atoms with Crippen molar-refractivity contribution in [1.29, 1.82) is 0 Å². The van der Waals surface area contributed by atoms with Crippen LogP contribution in [0.2, 0.25) is 5.02 Å². The van der Waals surface area contributed by atoms with Gasteiger partial charge in [-0.15, -0.1) is 0 Å². The van der Waals surface area contributed by atoms with E-state index in [0.29, 0.717) is 17.3 Å². The standard InChI is InChI=1S/C21H18ClN3O2/c1-13-10-16(22)7-8-18(13)25-12-15(11-19(25)26)21(27)24-17-6-2-4-14-5-3-9-23-20(14)17/h2-10,15H,11-12H2,1H3,(H,24,27). The monoisotopic (exact) mass is 379 g/mol. The van der Waals surface area contributed by atoms with Crippen molar-refractivity contribution in [2.45, 2.75) is 13.3 Å². The molecule has 1 atom stereocenters. The molecule has 27 heavy (non-hydrogen) atoms. The number of fused-ring (bicyclic) bond motifs is 1. The maximum atomic E-state index is 12.8. The molecular weight excluding hydrogens is 362 g/mol. The van der Waals surface area contributed by atoms with Crippen molar-refractivity contribution in [3.63, 3.8) is 0 Å². The first-order valence-corrected chi connectivity index (χ1v) is 9.12. The molecule has 1 saturated heterocycles. The Kier molecular flexibility index (Phi) is 4.54. The van der Waals surface area contributed by atoms with Gasteiger partial charge in [0.25, 0.3) is 0 Å². The third kappa shape index (κ3) is 3.38. The highest BCUT2D eigenvalue weighted by Gasteiger charge is 2.35. The van der Waals surface area contributed by atoms with E-state index in [1.165, 1.54) is 0 Å². The third-order valence-corrected chi connectivity index (χ3v) is 5.07. The topological polar surface area (TPSA) is 62.3 Å². The molecule has 1 aromatic heterocycles. The largest absolute Gasteiger partial charge is 0.324 e. The SMILES string of the molecule is Cc1cc(Cl)ccc1N1CC(C(=O)Nc2cccc3cccnc23)CC1=O. The van der Waals surface area contributed by atoms with E-state index < -0.39 is 5.92 Å². The van der Waals surface area contributed by atoms with Gasteiger partial charge in [0.1, 0.15) is 0 Å². The molecule has 1 N–H and O–H groups in total. The van der Waals surface area contributed by atoms with Gasteiger partial charge in [-0.2, -0.15) is 0 Å². The summed E-state index contributed by atoms with van der Waals surface area (Å²) in [6, 6.07) is 14.9. The number of halogens is 1. The number of pyridine rings is 1. The van der Waals surface area contributed by atoms with Crippen molar-refractivity contribution < 1.29 is 9.59 Å². The fourth-order valence-electron chi connectivity index (χ4n) is 3.48. The fraction of sp³-hybridized carbons (Fsp3) is 0.190. The van der Waals surface area contributed by atoms with Crippen LogP contribution in [0.4, 0.5) is 11.4 Å². The highest BCUT2D eigenvalue weighted by Crippen LogP contribution is 2.30. The lowest BCUT2D eigenvalue weighted by Gasteiger charge is -2.19. The van der Waals surface area contributed by atoms with Crippen LogP contribution in [0.1, 0.15) is 12.0 Å². The molecule has 2 amide bonds. The van der Waals surface area contributed by atoms with Crippen LogP contribution in [-0.4, -0.2) is 23.3 Å². The zero-order chi connectivity index (χ0) is 19.0. The van der Waals surface area contributed by atoms with Crippen molar-refractivity contribution in [2.75, 3.05) is 16.8 Å². The zero-order valence-electron chi connectivity index (χ0n) is 14.8. The molecule has 0 aliphatic carbocycles. The van der Waals surface area contributed by atoms with Gasteiger partial charge in [0, 0.05) is 35.3 Å². The molecule has 1 fully saturated rings. The highest BCUT2D eigenvalue weighted by atomic mass is 35.5. The fourth-order valence-corrected chi connectivity index (χ4v) is 3.70. The van der Waals surface area contributed by atoms with Gasteiger partial charge in [-0.05, 0) is 42.8 Å². The summed E-state index contributed by atoms with van der Waals surface area (Å²) < 4.78 is 0. The molecule has 1 unspecified atom stereocenters. The van der Waals surface area contributed by atoms with Crippen LogP contribution in [0.3, 0.4) is 0 Å². The van der Waals surface area contributed by atoms with Gasteiger partial charge >= 0.3 is 0 Å². The Morgan fingerprint density at radius 2 is 2.04 bits per heavy atom. The summed E-state index contributed by atoms with van der Waals surface area (Å²) in [7, 11) is 0. The maximum absolute atomic E-state index is 12.8. The van der Waals surface area contributed by atoms with Crippen molar-refractivity contribution in [2.24, 2.45) is 5.92 Å². The Morgan fingerprint density at radius 1 is 1.22 bits per heavy atom. The van der Waals surface area contributed by atoms with Crippen LogP contribution in [0.5, 0.6) is 0 Å². The predicted molar refractivity (Wildman–Crippen MR) is 107 cm³/mol. The first-order chi connectivity index (χ1) is 13.0. The molecule has 3 aromatic rings. The molecule has 1 aliphatic rings. The minimum atomic E-state index is -0.411. The number of benzene rings is 2. The van der Waals surface area contributed by atoms with E-state index >= 15 is 0 Å². The predicted octanol–water partition coefficient (Wildman–Crippen LogP) is 4.19. The first kappa shape index (κ1) is 17.5. The number of rotatable bonds is 3. The number of nitrogens with zero attached hydrogens (tertiary/aromatic N) is 2. The molecule has 0 bridgehead atoms. The van der Waals surface area contributed by atoms with Gasteiger partial charge in [-0.3, -0.25) is 14.6 Å². The summed E-state index contributed by atoms with van der Waals surface area (Å²) in [6.07, 6.45) is 1.88. The number of carbonyl (C=O) groups excluding carboxylic acids is 2. The summed E-state index contributed by atoms with van der Waals surface area (Å²) in [5.74, 6) is -0.640. The second kappa shape index (κ2) is 7.00. The molecular formula is C21H18ClN3O2. The lowest BCUT2D eigenvalue weighted by molar-refractivity contribution is -0.122. The first-order valence-electron chi connectivity index (χ1n) is 8.74. The molecule has 5 nitrogen and oxygen atoms in total. The minimum absolute atomic E-state index is 0.0587. The van der Waals surface area contributed by atoms with Crippen molar-refractivity contribution in [3.05, 3.63) is 65.3 Å². The van der Waals surface area contributed by atoms with Crippen LogP contribution in [0.25, 0.3) is 10.9 Å². The quantitative estimate of drug-likeness (QED) is 0.742. The Balaban J connectivity index is 1.54. The van der Waals surface area contributed by atoms with Crippen molar-refractivity contribution in [1.82, 2.24) is 4.98 Å². The van der Waals surface area contributed by atoms with Crippen molar-refractivity contribution in [3.8, 4) is 0 Å². The number of anilines is 2. The molecule has 2 heterocycles. The van der Waals surface area contributed by atoms with Gasteiger partial charge in [-0.1, -0.05) is 29.8 Å². The van der Waals surface area contributed by atoms with Crippen LogP contribution in [0.15, 0.2) is 54.7 Å². The maximum Gasteiger partial charge on any atom is 0.229 e. The van der Waals surface area contributed by atoms with Crippen molar-refractivity contribution >= 4 is 45.7 Å². The Labute approximate surface area is 162 Å². The normalized spacial score (nSPS) is 16.7. The molecule has 0 radical (unpaired) electrons. The van der Waals surface area contributed by atoms with Crippen LogP contribution < -0.4 is 10.2 Å². The van der Waals surface area contributed by atoms with E-state index in [1.807, 2.05) is 49.4 Å². The Morgan fingerprint density at radius 3 is 2.85 bits per heavy atom. The minimum Gasteiger partial charge on any atom is -0.324 e. The Hall–Kier alpha value is -2.92. The van der Waals surface area contributed by atoms with Gasteiger partial charge in [0.05, 0.1) is 17.1 Å². The lowest BCUT2D eigenvalue weighted by Crippen LogP contribution is -2.28. The number of amides is 2. The van der Waals surface area contributed by atoms with Crippen LogP contribution in [0, 0.1) is 12.8 Å². The van der Waals surface area contributed by atoms with E-state index in [0.717, 1.165) is 22.2 Å². The number of hydrogen-bond donors (Lipinski definition) is 1. The van der Waals surface area contributed by atoms with Gasteiger partial charge < -0.3 is 10.2 Å². The molecule has 0 spiro atoms. The second-order valence-electron chi connectivity index (χ2n) is 6.71. The molecule has 136 valence electrons. The van der Waals surface area contributed by atoms with E-state index in [-0.39, 0.29) is 18.2 Å². The third-order valence-electron chi connectivity index (χ3n) is 4.84. The molecule has 1 aliphatic heterocycles. The summed E-state index contributed by atoms with van der Waals surface area (Å²) in [5, 5.41) is 4.52. The number of aromatic nitrogens is 1. The van der Waals surface area contributed by atoms with Gasteiger partial charge in [0.2, 0.25) is 11.8 Å². The second-order valence-corrected chi connectivity index (χ2v) is 7.14. The Bertz CT molecular complexity index is 1050. The molecule has 6 heteroatoms. The number of aryl methyl sites for hydroxylation is 1. The lowest BCUT2D eigenvalue weighted by atomic mass is 10.1. The smallest absolute Gasteiger partial charge is 0.229 e. The van der Waals surface area contributed by atoms with E-state index in [1.54, 1.807) is 17.2 Å². The molecule has 2 aromatic carbocycles. The van der Waals surface area contributed by atoms with E-state index in [9.17, 15) is 9.59 Å². The van der Waals surface area contributed by atoms with Gasteiger partial charge in [-0.25, -0.2) is 0 Å². The summed E-state index contributed by atoms with van der Waals surface area (Å²) in [4.78, 5) is 31.3. The van der Waals surface area contributed by atoms with E-state index in [4.69, 9.17) is 11.6 Å².